The molecule has 19 heavy (non-hydrogen) atoms. The van der Waals surface area contributed by atoms with E-state index in [-0.39, 0.29) is 5.41 Å². The van der Waals surface area contributed by atoms with Gasteiger partial charge >= 0.3 is 0 Å². The summed E-state index contributed by atoms with van der Waals surface area (Å²) in [5, 5.41) is 8.14. The summed E-state index contributed by atoms with van der Waals surface area (Å²) in [4.78, 5) is 4.52. The van der Waals surface area contributed by atoms with Crippen LogP contribution in [-0.2, 0) is 11.8 Å². The van der Waals surface area contributed by atoms with E-state index in [9.17, 15) is 0 Å². The lowest BCUT2D eigenvalue weighted by atomic mass is 9.90. The zero-order chi connectivity index (χ0) is 13.3. The van der Waals surface area contributed by atoms with Gasteiger partial charge in [-0.3, -0.25) is 0 Å². The minimum absolute atomic E-state index is 0.0360. The lowest BCUT2D eigenvalue weighted by molar-refractivity contribution is 0.304. The fourth-order valence-corrected chi connectivity index (χ4v) is 2.59. The second-order valence-electron chi connectivity index (χ2n) is 5.27. The molecule has 1 fully saturated rings. The molecule has 1 unspecified atom stereocenters. The lowest BCUT2D eigenvalue weighted by Crippen LogP contribution is -2.25. The first kappa shape index (κ1) is 12.6. The number of benzene rings is 1. The van der Waals surface area contributed by atoms with Crippen LogP contribution >= 0.6 is 11.6 Å². The van der Waals surface area contributed by atoms with Gasteiger partial charge in [-0.1, -0.05) is 35.0 Å². The molecule has 1 atom stereocenters. The van der Waals surface area contributed by atoms with Crippen molar-refractivity contribution in [1.82, 2.24) is 15.5 Å². The molecule has 2 aromatic rings. The quantitative estimate of drug-likeness (QED) is 0.937. The monoisotopic (exact) mass is 277 g/mol. The van der Waals surface area contributed by atoms with Crippen LogP contribution in [0.2, 0.25) is 5.02 Å². The summed E-state index contributed by atoms with van der Waals surface area (Å²) in [6.07, 6.45) is 1.63. The van der Waals surface area contributed by atoms with E-state index in [2.05, 4.69) is 22.4 Å². The van der Waals surface area contributed by atoms with Gasteiger partial charge in [-0.25, -0.2) is 0 Å². The molecule has 5 heteroatoms. The molecule has 0 bridgehead atoms. The van der Waals surface area contributed by atoms with E-state index in [4.69, 9.17) is 16.1 Å². The molecule has 3 rings (SSSR count). The van der Waals surface area contributed by atoms with Crippen LogP contribution in [0.5, 0.6) is 0 Å². The van der Waals surface area contributed by atoms with Crippen molar-refractivity contribution in [1.29, 1.82) is 0 Å². The first-order valence-electron chi connectivity index (χ1n) is 6.45. The standard InChI is InChI=1S/C14H16ClN3O/c1-14(6-7-16-9-14)13-17-12(18-19-13)8-10-4-2-3-5-11(10)15/h2-5,16H,6-9H2,1H3. The minimum Gasteiger partial charge on any atom is -0.339 e. The SMILES string of the molecule is CC1(c2nc(Cc3ccccc3Cl)no2)CCNC1. The van der Waals surface area contributed by atoms with E-state index >= 15 is 0 Å². The zero-order valence-electron chi connectivity index (χ0n) is 10.8. The Labute approximate surface area is 117 Å². The third kappa shape index (κ3) is 2.51. The topological polar surface area (TPSA) is 51.0 Å². The average Bonchev–Trinajstić information content (AvgIpc) is 3.02. The first-order valence-corrected chi connectivity index (χ1v) is 6.82. The summed E-state index contributed by atoms with van der Waals surface area (Å²) >= 11 is 6.14. The highest BCUT2D eigenvalue weighted by Crippen LogP contribution is 2.29. The van der Waals surface area contributed by atoms with Crippen LogP contribution in [0.15, 0.2) is 28.8 Å². The van der Waals surface area contributed by atoms with E-state index in [0.29, 0.717) is 12.2 Å². The van der Waals surface area contributed by atoms with Crippen molar-refractivity contribution in [3.8, 4) is 0 Å². The van der Waals surface area contributed by atoms with Crippen LogP contribution in [0.25, 0.3) is 0 Å². The van der Waals surface area contributed by atoms with Gasteiger partial charge in [-0.15, -0.1) is 0 Å². The smallest absolute Gasteiger partial charge is 0.233 e. The van der Waals surface area contributed by atoms with Crippen LogP contribution in [0.4, 0.5) is 0 Å². The Hall–Kier alpha value is -1.39. The van der Waals surface area contributed by atoms with Gasteiger partial charge in [0.15, 0.2) is 5.82 Å². The molecule has 0 radical (unpaired) electrons. The maximum atomic E-state index is 6.14. The van der Waals surface area contributed by atoms with E-state index < -0.39 is 0 Å². The number of nitrogens with zero attached hydrogens (tertiary/aromatic N) is 2. The number of nitrogens with one attached hydrogen (secondary N) is 1. The summed E-state index contributed by atoms with van der Waals surface area (Å²) in [6.45, 7) is 4.04. The highest BCUT2D eigenvalue weighted by molar-refractivity contribution is 6.31. The highest BCUT2D eigenvalue weighted by atomic mass is 35.5. The predicted molar refractivity (Wildman–Crippen MR) is 73.4 cm³/mol. The molecule has 0 amide bonds. The first-order chi connectivity index (χ1) is 9.17. The molecule has 1 aliphatic rings. The number of hydrogen-bond acceptors (Lipinski definition) is 4. The third-order valence-corrected chi connectivity index (χ3v) is 4.03. The van der Waals surface area contributed by atoms with Gasteiger partial charge in [0.2, 0.25) is 5.89 Å². The summed E-state index contributed by atoms with van der Waals surface area (Å²) in [6, 6.07) is 7.74. The van der Waals surface area contributed by atoms with Gasteiger partial charge in [0.05, 0.1) is 5.41 Å². The van der Waals surface area contributed by atoms with Gasteiger partial charge in [-0.2, -0.15) is 4.98 Å². The van der Waals surface area contributed by atoms with Crippen molar-refractivity contribution in [3.05, 3.63) is 46.6 Å². The molecular weight excluding hydrogens is 262 g/mol. The minimum atomic E-state index is -0.0360. The number of halogens is 1. The maximum absolute atomic E-state index is 6.14. The summed E-state index contributed by atoms with van der Waals surface area (Å²) in [5.74, 6) is 1.41. The Morgan fingerprint density at radius 2 is 2.26 bits per heavy atom. The maximum Gasteiger partial charge on any atom is 0.233 e. The Kier molecular flexibility index (Phi) is 3.29. The second kappa shape index (κ2) is 4.94. The lowest BCUT2D eigenvalue weighted by Gasteiger charge is -2.15. The van der Waals surface area contributed by atoms with Gasteiger partial charge in [0, 0.05) is 18.0 Å². The Bertz CT molecular complexity index is 576. The van der Waals surface area contributed by atoms with E-state index in [1.54, 1.807) is 0 Å². The van der Waals surface area contributed by atoms with Crippen LogP contribution in [0.3, 0.4) is 0 Å². The van der Waals surface area contributed by atoms with Gasteiger partial charge < -0.3 is 9.84 Å². The van der Waals surface area contributed by atoms with Gasteiger partial charge in [0.25, 0.3) is 0 Å². The normalized spacial score (nSPS) is 22.8. The highest BCUT2D eigenvalue weighted by Gasteiger charge is 2.36. The molecule has 100 valence electrons. The van der Waals surface area contributed by atoms with Crippen LogP contribution in [0, 0.1) is 0 Å². The average molecular weight is 278 g/mol. The Morgan fingerprint density at radius 1 is 1.42 bits per heavy atom. The number of rotatable bonds is 3. The van der Waals surface area contributed by atoms with Crippen molar-refractivity contribution >= 4 is 11.6 Å². The van der Waals surface area contributed by atoms with Gasteiger partial charge in [0.1, 0.15) is 0 Å². The predicted octanol–water partition coefficient (Wildman–Crippen LogP) is 2.56. The van der Waals surface area contributed by atoms with Crippen molar-refractivity contribution in [2.24, 2.45) is 0 Å². The van der Waals surface area contributed by atoms with Crippen LogP contribution in [-0.4, -0.2) is 23.2 Å². The molecule has 0 spiro atoms. The van der Waals surface area contributed by atoms with Crippen LogP contribution in [0.1, 0.15) is 30.6 Å². The largest absolute Gasteiger partial charge is 0.339 e. The summed E-state index contributed by atoms with van der Waals surface area (Å²) < 4.78 is 5.42. The van der Waals surface area contributed by atoms with Gasteiger partial charge in [-0.05, 0) is 31.5 Å². The molecule has 2 heterocycles. The number of hydrogen-bond donors (Lipinski definition) is 1. The van der Waals surface area contributed by atoms with E-state index in [0.717, 1.165) is 36.0 Å². The van der Waals surface area contributed by atoms with E-state index in [1.165, 1.54) is 0 Å². The third-order valence-electron chi connectivity index (χ3n) is 3.66. The molecule has 1 aromatic carbocycles. The molecule has 1 aliphatic heterocycles. The summed E-state index contributed by atoms with van der Waals surface area (Å²) in [5.41, 5.74) is 0.984. The molecular formula is C14H16ClN3O. The number of aromatic nitrogens is 2. The Balaban J connectivity index is 1.80. The summed E-state index contributed by atoms with van der Waals surface area (Å²) in [7, 11) is 0. The fourth-order valence-electron chi connectivity index (χ4n) is 2.38. The Morgan fingerprint density at radius 3 is 3.00 bits per heavy atom. The van der Waals surface area contributed by atoms with Crippen molar-refractivity contribution in [3.63, 3.8) is 0 Å². The fraction of sp³-hybridized carbons (Fsp3) is 0.429. The molecule has 1 aromatic heterocycles. The zero-order valence-corrected chi connectivity index (χ0v) is 11.6. The molecule has 0 aliphatic carbocycles. The molecule has 4 nitrogen and oxygen atoms in total. The van der Waals surface area contributed by atoms with E-state index in [1.807, 2.05) is 24.3 Å². The van der Waals surface area contributed by atoms with Crippen molar-refractivity contribution < 1.29 is 4.52 Å². The molecule has 1 saturated heterocycles. The molecule has 0 saturated carbocycles. The van der Waals surface area contributed by atoms with Crippen LogP contribution < -0.4 is 5.32 Å². The van der Waals surface area contributed by atoms with Crippen molar-refractivity contribution in [2.75, 3.05) is 13.1 Å². The van der Waals surface area contributed by atoms with Crippen molar-refractivity contribution in [2.45, 2.75) is 25.2 Å². The second-order valence-corrected chi connectivity index (χ2v) is 5.68. The molecule has 1 N–H and O–H groups in total.